The fourth-order valence-corrected chi connectivity index (χ4v) is 3.37. The summed E-state index contributed by atoms with van der Waals surface area (Å²) in [7, 11) is 0. The van der Waals surface area contributed by atoms with Crippen LogP contribution >= 0.6 is 11.8 Å². The van der Waals surface area contributed by atoms with E-state index in [1.165, 1.54) is 0 Å². The van der Waals surface area contributed by atoms with Crippen molar-refractivity contribution in [3.63, 3.8) is 0 Å². The van der Waals surface area contributed by atoms with Crippen LogP contribution in [0.2, 0.25) is 0 Å². The number of urea groups is 1. The number of rotatable bonds is 5. The first-order chi connectivity index (χ1) is 10.1. The number of hydrogen-bond acceptors (Lipinski definition) is 3. The van der Waals surface area contributed by atoms with Crippen molar-refractivity contribution >= 4 is 23.8 Å². The first-order valence-corrected chi connectivity index (χ1v) is 8.26. The van der Waals surface area contributed by atoms with Crippen molar-refractivity contribution < 1.29 is 14.7 Å². The fraction of sp³-hybridized carbons (Fsp3) is 0.467. The molecule has 6 heteroatoms. The standard InChI is InChI=1S/C15H20N2O3S/c1-21-12-8-7-11(9-12)16-15(20)17-13(14(18)19)10-5-3-2-4-6-10/h2-6,11-13H,7-9H2,1H3,(H,18,19)(H2,16,17,20). The third-order valence-corrected chi connectivity index (χ3v) is 4.80. The Morgan fingerprint density at radius 2 is 2.00 bits per heavy atom. The smallest absolute Gasteiger partial charge is 0.330 e. The SMILES string of the molecule is CSC1CCC(NC(=O)NC(C(=O)O)c2ccccc2)C1. The molecule has 0 aliphatic heterocycles. The van der Waals surface area contributed by atoms with E-state index in [9.17, 15) is 14.7 Å². The molecule has 1 fully saturated rings. The summed E-state index contributed by atoms with van der Waals surface area (Å²) in [5, 5.41) is 15.3. The average Bonchev–Trinajstić information content (AvgIpc) is 2.93. The highest BCUT2D eigenvalue weighted by atomic mass is 32.2. The average molecular weight is 308 g/mol. The van der Waals surface area contributed by atoms with Crippen LogP contribution in [0.1, 0.15) is 30.9 Å². The summed E-state index contributed by atoms with van der Waals surface area (Å²) >= 11 is 1.81. The molecule has 0 heterocycles. The monoisotopic (exact) mass is 308 g/mol. The second kappa shape index (κ2) is 7.36. The van der Waals surface area contributed by atoms with Gasteiger partial charge in [-0.2, -0.15) is 11.8 Å². The van der Waals surface area contributed by atoms with Crippen LogP contribution in [-0.2, 0) is 4.79 Å². The quantitative estimate of drug-likeness (QED) is 0.780. The highest BCUT2D eigenvalue weighted by molar-refractivity contribution is 7.99. The van der Waals surface area contributed by atoms with E-state index in [1.54, 1.807) is 24.3 Å². The first kappa shape index (κ1) is 15.7. The van der Waals surface area contributed by atoms with Gasteiger partial charge in [0.15, 0.2) is 6.04 Å². The Kier molecular flexibility index (Phi) is 5.50. The van der Waals surface area contributed by atoms with E-state index in [0.717, 1.165) is 19.3 Å². The number of benzene rings is 1. The minimum Gasteiger partial charge on any atom is -0.479 e. The second-order valence-corrected chi connectivity index (χ2v) is 6.31. The van der Waals surface area contributed by atoms with Gasteiger partial charge in [-0.1, -0.05) is 30.3 Å². The minimum absolute atomic E-state index is 0.132. The van der Waals surface area contributed by atoms with E-state index in [2.05, 4.69) is 16.9 Å². The van der Waals surface area contributed by atoms with Gasteiger partial charge in [0.1, 0.15) is 0 Å². The summed E-state index contributed by atoms with van der Waals surface area (Å²) in [6.07, 6.45) is 5.05. The van der Waals surface area contributed by atoms with Gasteiger partial charge in [0.2, 0.25) is 0 Å². The van der Waals surface area contributed by atoms with Crippen molar-refractivity contribution in [1.82, 2.24) is 10.6 Å². The van der Waals surface area contributed by atoms with E-state index < -0.39 is 18.0 Å². The highest BCUT2D eigenvalue weighted by Gasteiger charge is 2.27. The van der Waals surface area contributed by atoms with Gasteiger partial charge in [-0.15, -0.1) is 0 Å². The predicted octanol–water partition coefficient (Wildman–Crippen LogP) is 2.40. The Bertz CT molecular complexity index is 495. The van der Waals surface area contributed by atoms with Crippen LogP contribution in [0.5, 0.6) is 0 Å². The largest absolute Gasteiger partial charge is 0.479 e. The number of carboxylic acids is 1. The number of carbonyl (C=O) groups is 2. The molecule has 3 N–H and O–H groups in total. The lowest BCUT2D eigenvalue weighted by Crippen LogP contribution is -2.44. The fourth-order valence-electron chi connectivity index (χ4n) is 2.58. The molecule has 1 aromatic rings. The van der Waals surface area contributed by atoms with Crippen molar-refractivity contribution in [3.05, 3.63) is 35.9 Å². The number of amides is 2. The van der Waals surface area contributed by atoms with Crippen molar-refractivity contribution in [3.8, 4) is 0 Å². The lowest BCUT2D eigenvalue weighted by molar-refractivity contribution is -0.139. The van der Waals surface area contributed by atoms with Gasteiger partial charge in [-0.3, -0.25) is 0 Å². The summed E-state index contributed by atoms with van der Waals surface area (Å²) < 4.78 is 0. The topological polar surface area (TPSA) is 78.4 Å². The van der Waals surface area contributed by atoms with E-state index in [4.69, 9.17) is 0 Å². The maximum Gasteiger partial charge on any atom is 0.330 e. The summed E-state index contributed by atoms with van der Waals surface area (Å²) in [5.74, 6) is -1.07. The molecule has 1 aliphatic carbocycles. The van der Waals surface area contributed by atoms with Gasteiger partial charge in [-0.05, 0) is 31.1 Å². The van der Waals surface area contributed by atoms with Crippen molar-refractivity contribution in [2.45, 2.75) is 36.6 Å². The van der Waals surface area contributed by atoms with E-state index >= 15 is 0 Å². The van der Waals surface area contributed by atoms with E-state index in [0.29, 0.717) is 10.8 Å². The summed E-state index contributed by atoms with van der Waals surface area (Å²) in [6, 6.07) is 7.39. The predicted molar refractivity (Wildman–Crippen MR) is 83.4 cm³/mol. The molecule has 21 heavy (non-hydrogen) atoms. The third kappa shape index (κ3) is 4.39. The first-order valence-electron chi connectivity index (χ1n) is 6.97. The normalized spacial score (nSPS) is 22.5. The van der Waals surface area contributed by atoms with E-state index in [1.807, 2.05) is 17.8 Å². The van der Waals surface area contributed by atoms with Crippen LogP contribution in [0, 0.1) is 0 Å². The molecule has 2 rings (SSSR count). The van der Waals surface area contributed by atoms with Gasteiger partial charge < -0.3 is 15.7 Å². The molecule has 114 valence electrons. The Labute approximate surface area is 128 Å². The Hall–Kier alpha value is -1.69. The Morgan fingerprint density at radius 1 is 1.29 bits per heavy atom. The number of hydrogen-bond donors (Lipinski definition) is 3. The molecule has 3 atom stereocenters. The maximum absolute atomic E-state index is 12.0. The van der Waals surface area contributed by atoms with Crippen LogP contribution in [0.4, 0.5) is 4.79 Å². The molecular weight excluding hydrogens is 288 g/mol. The zero-order valence-corrected chi connectivity index (χ0v) is 12.7. The molecule has 5 nitrogen and oxygen atoms in total. The zero-order valence-electron chi connectivity index (χ0n) is 11.9. The highest BCUT2D eigenvalue weighted by Crippen LogP contribution is 2.28. The molecule has 3 unspecified atom stereocenters. The minimum atomic E-state index is -1.07. The molecule has 1 saturated carbocycles. The van der Waals surface area contributed by atoms with Gasteiger partial charge in [-0.25, -0.2) is 9.59 Å². The molecule has 1 aliphatic rings. The molecule has 0 aromatic heterocycles. The molecule has 0 saturated heterocycles. The number of carbonyl (C=O) groups excluding carboxylic acids is 1. The lowest BCUT2D eigenvalue weighted by Gasteiger charge is -2.18. The summed E-state index contributed by atoms with van der Waals surface area (Å²) in [4.78, 5) is 23.3. The number of carboxylic acid groups (broad SMARTS) is 1. The van der Waals surface area contributed by atoms with Gasteiger partial charge >= 0.3 is 12.0 Å². The van der Waals surface area contributed by atoms with Gasteiger partial charge in [0.05, 0.1) is 0 Å². The molecular formula is C15H20N2O3S. The molecule has 0 spiro atoms. The van der Waals surface area contributed by atoms with E-state index in [-0.39, 0.29) is 6.04 Å². The van der Waals surface area contributed by atoms with Crippen LogP contribution in [-0.4, -0.2) is 34.7 Å². The molecule has 1 aromatic carbocycles. The lowest BCUT2D eigenvalue weighted by atomic mass is 10.1. The van der Waals surface area contributed by atoms with Crippen LogP contribution < -0.4 is 10.6 Å². The third-order valence-electron chi connectivity index (χ3n) is 3.71. The number of nitrogens with one attached hydrogen (secondary N) is 2. The number of thioether (sulfide) groups is 1. The second-order valence-electron chi connectivity index (χ2n) is 5.17. The molecule has 0 radical (unpaired) electrons. The van der Waals surface area contributed by atoms with Crippen LogP contribution in [0.25, 0.3) is 0 Å². The maximum atomic E-state index is 12.0. The van der Waals surface area contributed by atoms with Crippen molar-refractivity contribution in [1.29, 1.82) is 0 Å². The molecule has 0 bridgehead atoms. The summed E-state index contributed by atoms with van der Waals surface area (Å²) in [6.45, 7) is 0. The van der Waals surface area contributed by atoms with Gasteiger partial charge in [0, 0.05) is 11.3 Å². The van der Waals surface area contributed by atoms with Gasteiger partial charge in [0.25, 0.3) is 0 Å². The van der Waals surface area contributed by atoms with Crippen LogP contribution in [0.15, 0.2) is 30.3 Å². The summed E-state index contributed by atoms with van der Waals surface area (Å²) in [5.41, 5.74) is 0.563. The Balaban J connectivity index is 1.92. The van der Waals surface area contributed by atoms with Crippen molar-refractivity contribution in [2.75, 3.05) is 6.26 Å². The zero-order chi connectivity index (χ0) is 15.2. The van der Waals surface area contributed by atoms with Crippen molar-refractivity contribution in [2.24, 2.45) is 0 Å². The van der Waals surface area contributed by atoms with Crippen LogP contribution in [0.3, 0.4) is 0 Å². The molecule has 2 amide bonds. The number of aliphatic carboxylic acids is 1. The Morgan fingerprint density at radius 3 is 2.57 bits per heavy atom.